The predicted molar refractivity (Wildman–Crippen MR) is 84.1 cm³/mol. The third kappa shape index (κ3) is 3.64. The minimum absolute atomic E-state index is 0.0743. The molecule has 0 saturated heterocycles. The molecular formula is C13H15N5O2S2. The number of carbonyl (C=O) groups excluding carboxylic acids is 1. The number of aromatic amines is 1. The Morgan fingerprint density at radius 2 is 2.41 bits per heavy atom. The van der Waals surface area contributed by atoms with Crippen LogP contribution in [0.1, 0.15) is 30.0 Å². The monoisotopic (exact) mass is 337 g/mol. The zero-order valence-corrected chi connectivity index (χ0v) is 13.8. The number of thiazole rings is 1. The number of aryl methyl sites for hydroxylation is 1. The molecule has 2 heterocycles. The molecule has 0 aliphatic rings. The van der Waals surface area contributed by atoms with Gasteiger partial charge >= 0.3 is 5.69 Å². The van der Waals surface area contributed by atoms with Crippen molar-refractivity contribution in [2.75, 3.05) is 5.75 Å². The Morgan fingerprint density at radius 1 is 1.64 bits per heavy atom. The van der Waals surface area contributed by atoms with Crippen LogP contribution >= 0.6 is 23.1 Å². The van der Waals surface area contributed by atoms with E-state index in [4.69, 9.17) is 0 Å². The van der Waals surface area contributed by atoms with Crippen molar-refractivity contribution in [1.82, 2.24) is 19.7 Å². The molecule has 0 unspecified atom stereocenters. The number of H-pyrrole nitrogens is 1. The summed E-state index contributed by atoms with van der Waals surface area (Å²) in [5.74, 6) is -1.03. The first-order chi connectivity index (χ1) is 10.6. The molecule has 2 aromatic heterocycles. The van der Waals surface area contributed by atoms with Crippen LogP contribution in [0.15, 0.2) is 15.3 Å². The lowest BCUT2D eigenvalue weighted by atomic mass is 10.1. The molecule has 0 aliphatic carbocycles. The van der Waals surface area contributed by atoms with Crippen LogP contribution in [0.4, 0.5) is 0 Å². The largest absolute Gasteiger partial charge is 0.343 e. The fourth-order valence-electron chi connectivity index (χ4n) is 1.82. The second-order valence-electron chi connectivity index (χ2n) is 4.61. The molecule has 9 heteroatoms. The van der Waals surface area contributed by atoms with E-state index in [-0.39, 0.29) is 17.2 Å². The molecule has 2 rings (SSSR count). The highest BCUT2D eigenvalue weighted by Crippen LogP contribution is 2.23. The number of nitrogens with one attached hydrogen (secondary N) is 1. The molecule has 1 atom stereocenters. The van der Waals surface area contributed by atoms with E-state index in [1.54, 1.807) is 0 Å². The predicted octanol–water partition coefficient (Wildman–Crippen LogP) is 1.71. The van der Waals surface area contributed by atoms with Crippen molar-refractivity contribution in [2.45, 2.75) is 37.9 Å². The standard InChI is InChI=1S/C13H15N5O2S2/c1-3-4-18-12(20)16-17-13(18)22-7-10(19)9(5-14)11-15-8(2)6-21-11/h6,9H,3-4,7H2,1-2H3,(H,16,20)/t9-/m1/s1. The van der Waals surface area contributed by atoms with Gasteiger partial charge in [-0.05, 0) is 13.3 Å². The van der Waals surface area contributed by atoms with Gasteiger partial charge in [0.05, 0.1) is 11.8 Å². The number of hydrogen-bond acceptors (Lipinski definition) is 7. The van der Waals surface area contributed by atoms with E-state index in [9.17, 15) is 14.9 Å². The molecule has 116 valence electrons. The summed E-state index contributed by atoms with van der Waals surface area (Å²) in [6.45, 7) is 4.32. The number of nitriles is 1. The van der Waals surface area contributed by atoms with Gasteiger partial charge in [0, 0.05) is 17.6 Å². The second kappa shape index (κ2) is 7.38. The number of nitrogens with zero attached hydrogens (tertiary/aromatic N) is 4. The van der Waals surface area contributed by atoms with E-state index >= 15 is 0 Å². The number of Topliss-reactive ketones (excluding diaryl/α,β-unsaturated/α-hetero) is 1. The van der Waals surface area contributed by atoms with Gasteiger partial charge < -0.3 is 0 Å². The van der Waals surface area contributed by atoms with Gasteiger partial charge in [-0.1, -0.05) is 18.7 Å². The fraction of sp³-hybridized carbons (Fsp3) is 0.462. The van der Waals surface area contributed by atoms with Gasteiger partial charge in [-0.15, -0.1) is 16.4 Å². The van der Waals surface area contributed by atoms with E-state index in [0.717, 1.165) is 23.9 Å². The summed E-state index contributed by atoms with van der Waals surface area (Å²) in [6.07, 6.45) is 0.792. The van der Waals surface area contributed by atoms with E-state index in [2.05, 4.69) is 15.2 Å². The molecule has 0 aliphatic heterocycles. The van der Waals surface area contributed by atoms with E-state index < -0.39 is 5.92 Å². The number of hydrogen-bond donors (Lipinski definition) is 1. The third-order valence-corrected chi connectivity index (χ3v) is 4.87. The van der Waals surface area contributed by atoms with Crippen LogP contribution in [0.25, 0.3) is 0 Å². The lowest BCUT2D eigenvalue weighted by molar-refractivity contribution is -0.116. The Kier molecular flexibility index (Phi) is 5.51. The van der Waals surface area contributed by atoms with Crippen molar-refractivity contribution >= 4 is 28.9 Å². The Balaban J connectivity index is 2.06. The van der Waals surface area contributed by atoms with Crippen LogP contribution in [0.3, 0.4) is 0 Å². The molecule has 0 fully saturated rings. The van der Waals surface area contributed by atoms with Crippen LogP contribution < -0.4 is 5.69 Å². The first kappa shape index (κ1) is 16.5. The number of carbonyl (C=O) groups is 1. The highest BCUT2D eigenvalue weighted by molar-refractivity contribution is 7.99. The molecule has 0 radical (unpaired) electrons. The molecule has 0 spiro atoms. The maximum Gasteiger partial charge on any atom is 0.343 e. The molecule has 22 heavy (non-hydrogen) atoms. The summed E-state index contributed by atoms with van der Waals surface area (Å²) in [4.78, 5) is 28.0. The zero-order valence-electron chi connectivity index (χ0n) is 12.2. The van der Waals surface area contributed by atoms with Gasteiger partial charge in [-0.3, -0.25) is 9.36 Å². The fourth-order valence-corrected chi connectivity index (χ4v) is 3.56. The maximum absolute atomic E-state index is 12.2. The summed E-state index contributed by atoms with van der Waals surface area (Å²) < 4.78 is 1.49. The highest BCUT2D eigenvalue weighted by atomic mass is 32.2. The lowest BCUT2D eigenvalue weighted by Gasteiger charge is -2.05. The van der Waals surface area contributed by atoms with Crippen LogP contribution in [0.5, 0.6) is 0 Å². The minimum Gasteiger partial charge on any atom is -0.297 e. The average molecular weight is 337 g/mol. The first-order valence-electron chi connectivity index (χ1n) is 6.69. The third-order valence-electron chi connectivity index (χ3n) is 2.85. The molecular weight excluding hydrogens is 322 g/mol. The zero-order chi connectivity index (χ0) is 16.1. The molecule has 0 amide bonds. The summed E-state index contributed by atoms with van der Waals surface area (Å²) in [5.41, 5.74) is 0.508. The molecule has 0 bridgehead atoms. The molecule has 2 aromatic rings. The minimum atomic E-state index is -0.864. The van der Waals surface area contributed by atoms with Crippen LogP contribution in [0, 0.1) is 18.3 Å². The van der Waals surface area contributed by atoms with E-state index in [1.807, 2.05) is 25.3 Å². The summed E-state index contributed by atoms with van der Waals surface area (Å²) >= 11 is 2.46. The van der Waals surface area contributed by atoms with Crippen molar-refractivity contribution < 1.29 is 4.79 Å². The quantitative estimate of drug-likeness (QED) is 0.771. The van der Waals surface area contributed by atoms with Gasteiger partial charge in [0.2, 0.25) is 0 Å². The van der Waals surface area contributed by atoms with Gasteiger partial charge in [-0.25, -0.2) is 14.9 Å². The second-order valence-corrected chi connectivity index (χ2v) is 6.44. The Morgan fingerprint density at radius 3 is 3.00 bits per heavy atom. The lowest BCUT2D eigenvalue weighted by Crippen LogP contribution is -2.18. The van der Waals surface area contributed by atoms with Gasteiger partial charge in [0.25, 0.3) is 0 Å². The summed E-state index contributed by atoms with van der Waals surface area (Å²) in [5, 5.41) is 18.3. The van der Waals surface area contributed by atoms with Crippen LogP contribution in [-0.4, -0.2) is 31.3 Å². The summed E-state index contributed by atoms with van der Waals surface area (Å²) in [6, 6.07) is 2.00. The van der Waals surface area contributed by atoms with Crippen LogP contribution in [0.2, 0.25) is 0 Å². The first-order valence-corrected chi connectivity index (χ1v) is 8.55. The Labute approximate surface area is 135 Å². The molecule has 0 aromatic carbocycles. The topological polar surface area (TPSA) is 104 Å². The number of rotatable bonds is 7. The van der Waals surface area contributed by atoms with Crippen molar-refractivity contribution in [3.8, 4) is 6.07 Å². The number of thioether (sulfide) groups is 1. The molecule has 7 nitrogen and oxygen atoms in total. The van der Waals surface area contributed by atoms with Gasteiger partial charge in [-0.2, -0.15) is 5.26 Å². The van der Waals surface area contributed by atoms with Gasteiger partial charge in [0.1, 0.15) is 5.01 Å². The average Bonchev–Trinajstić information content (AvgIpc) is 3.06. The van der Waals surface area contributed by atoms with Gasteiger partial charge in [0.15, 0.2) is 16.9 Å². The summed E-state index contributed by atoms with van der Waals surface area (Å²) in [7, 11) is 0. The van der Waals surface area contributed by atoms with Crippen LogP contribution in [-0.2, 0) is 11.3 Å². The van der Waals surface area contributed by atoms with Crippen molar-refractivity contribution in [3.63, 3.8) is 0 Å². The Bertz CT molecular complexity index is 755. The van der Waals surface area contributed by atoms with E-state index in [0.29, 0.717) is 16.7 Å². The number of ketones is 1. The molecule has 1 N–H and O–H groups in total. The van der Waals surface area contributed by atoms with Crippen molar-refractivity contribution in [3.05, 3.63) is 26.6 Å². The Hall–Kier alpha value is -1.92. The van der Waals surface area contributed by atoms with Crippen molar-refractivity contribution in [1.29, 1.82) is 5.26 Å². The normalized spacial score (nSPS) is 12.0. The van der Waals surface area contributed by atoms with Crippen molar-refractivity contribution in [2.24, 2.45) is 0 Å². The SMILES string of the molecule is CCCn1c(SCC(=O)[C@@H](C#N)c2nc(C)cs2)n[nH]c1=O. The number of aromatic nitrogens is 4. The highest BCUT2D eigenvalue weighted by Gasteiger charge is 2.24. The smallest absolute Gasteiger partial charge is 0.297 e. The van der Waals surface area contributed by atoms with E-state index in [1.165, 1.54) is 15.9 Å². The molecule has 0 saturated carbocycles. The maximum atomic E-state index is 12.2.